The summed E-state index contributed by atoms with van der Waals surface area (Å²) >= 11 is 0. The molecule has 0 spiro atoms. The third kappa shape index (κ3) is 9.28. The lowest BCUT2D eigenvalue weighted by Gasteiger charge is -2.35. The van der Waals surface area contributed by atoms with Crippen molar-refractivity contribution >= 4 is 29.9 Å². The summed E-state index contributed by atoms with van der Waals surface area (Å²) in [4.78, 5) is 8.89. The van der Waals surface area contributed by atoms with Gasteiger partial charge in [-0.1, -0.05) is 12.1 Å². The molecule has 1 aliphatic rings. The van der Waals surface area contributed by atoms with Crippen LogP contribution in [0, 0.1) is 0 Å². The molecule has 0 aliphatic carbocycles. The largest absolute Gasteiger partial charge is 0.573 e. The highest BCUT2D eigenvalue weighted by Crippen LogP contribution is 2.22. The van der Waals surface area contributed by atoms with Crippen LogP contribution in [0.5, 0.6) is 5.75 Å². The maximum absolute atomic E-state index is 12.1. The second kappa shape index (κ2) is 11.7. The van der Waals surface area contributed by atoms with Crippen molar-refractivity contribution in [2.75, 3.05) is 40.3 Å². The lowest BCUT2D eigenvalue weighted by Crippen LogP contribution is -2.45. The van der Waals surface area contributed by atoms with Crippen molar-refractivity contribution in [3.63, 3.8) is 0 Å². The Morgan fingerprint density at radius 3 is 2.39 bits per heavy atom. The van der Waals surface area contributed by atoms with Crippen LogP contribution in [0.4, 0.5) is 13.2 Å². The number of aliphatic imine (C=N–C) groups is 1. The van der Waals surface area contributed by atoms with Crippen molar-refractivity contribution in [3.05, 3.63) is 29.8 Å². The Morgan fingerprint density at radius 2 is 1.86 bits per heavy atom. The normalized spacial score (nSPS) is 16.7. The van der Waals surface area contributed by atoms with E-state index in [1.807, 2.05) is 0 Å². The highest BCUT2D eigenvalue weighted by atomic mass is 127. The van der Waals surface area contributed by atoms with Crippen molar-refractivity contribution in [3.8, 4) is 5.75 Å². The Labute approximate surface area is 181 Å². The quantitative estimate of drug-likeness (QED) is 0.332. The van der Waals surface area contributed by atoms with Crippen LogP contribution in [-0.2, 0) is 6.54 Å². The van der Waals surface area contributed by atoms with Crippen LogP contribution in [0.25, 0.3) is 0 Å². The highest BCUT2D eigenvalue weighted by molar-refractivity contribution is 14.0. The third-order valence-electron chi connectivity index (χ3n) is 4.61. The number of benzene rings is 1. The van der Waals surface area contributed by atoms with E-state index < -0.39 is 6.36 Å². The Balaban J connectivity index is 0.00000392. The fraction of sp³-hybridized carbons (Fsp3) is 0.611. The Bertz CT molecular complexity index is 602. The highest BCUT2D eigenvalue weighted by Gasteiger charge is 2.30. The van der Waals surface area contributed by atoms with E-state index in [1.165, 1.54) is 37.1 Å². The first-order valence-corrected chi connectivity index (χ1v) is 9.00. The molecule has 1 saturated heterocycles. The van der Waals surface area contributed by atoms with Gasteiger partial charge in [-0.05, 0) is 57.7 Å². The summed E-state index contributed by atoms with van der Waals surface area (Å²) < 4.78 is 40.2. The van der Waals surface area contributed by atoms with Gasteiger partial charge < -0.3 is 25.6 Å². The van der Waals surface area contributed by atoms with Gasteiger partial charge >= 0.3 is 6.36 Å². The number of piperidine rings is 1. The molecule has 1 aromatic rings. The number of nitrogens with two attached hydrogens (primary N) is 1. The van der Waals surface area contributed by atoms with Gasteiger partial charge in [-0.2, -0.15) is 0 Å². The average Bonchev–Trinajstić information content (AvgIpc) is 2.60. The zero-order valence-corrected chi connectivity index (χ0v) is 18.5. The molecule has 0 atom stereocenters. The molecule has 1 aliphatic heterocycles. The molecule has 0 radical (unpaired) electrons. The first kappa shape index (κ1) is 24.8. The molecule has 1 fully saturated rings. The fourth-order valence-corrected chi connectivity index (χ4v) is 3.03. The van der Waals surface area contributed by atoms with E-state index in [2.05, 4.69) is 38.9 Å². The number of likely N-dealkylation sites (tertiary alicyclic amines) is 1. The van der Waals surface area contributed by atoms with Crippen LogP contribution >= 0.6 is 24.0 Å². The van der Waals surface area contributed by atoms with Gasteiger partial charge in [0.15, 0.2) is 5.96 Å². The number of nitrogens with zero attached hydrogens (tertiary/aromatic N) is 3. The number of ether oxygens (including phenoxy) is 1. The van der Waals surface area contributed by atoms with Gasteiger partial charge in [0.2, 0.25) is 0 Å². The van der Waals surface area contributed by atoms with E-state index in [0.29, 0.717) is 25.1 Å². The molecule has 0 saturated carbocycles. The first-order valence-electron chi connectivity index (χ1n) is 9.00. The van der Waals surface area contributed by atoms with Gasteiger partial charge in [0.1, 0.15) is 5.75 Å². The van der Waals surface area contributed by atoms with Crippen LogP contribution in [0.2, 0.25) is 0 Å². The van der Waals surface area contributed by atoms with E-state index in [-0.39, 0.29) is 29.7 Å². The molecule has 1 heterocycles. The average molecular weight is 515 g/mol. The summed E-state index contributed by atoms with van der Waals surface area (Å²) in [6, 6.07) is 6.26. The van der Waals surface area contributed by atoms with Crippen LogP contribution in [0.15, 0.2) is 29.3 Å². The lowest BCUT2D eigenvalue weighted by molar-refractivity contribution is -0.274. The van der Waals surface area contributed by atoms with Gasteiger partial charge in [-0.15, -0.1) is 37.1 Å². The summed E-state index contributed by atoms with van der Waals surface area (Å²) in [5.41, 5.74) is 6.60. The summed E-state index contributed by atoms with van der Waals surface area (Å²) in [6.45, 7) is 4.06. The van der Waals surface area contributed by atoms with E-state index in [4.69, 9.17) is 5.73 Å². The Kier molecular flexibility index (Phi) is 10.3. The molecular formula is C18H29F3IN5O. The van der Waals surface area contributed by atoms with Gasteiger partial charge in [0.05, 0.1) is 6.54 Å². The van der Waals surface area contributed by atoms with Gasteiger partial charge in [0, 0.05) is 19.1 Å². The maximum Gasteiger partial charge on any atom is 0.573 e. The molecule has 0 unspecified atom stereocenters. The van der Waals surface area contributed by atoms with Crippen LogP contribution in [-0.4, -0.2) is 68.4 Å². The predicted octanol–water partition coefficient (Wildman–Crippen LogP) is 2.63. The molecule has 6 nitrogen and oxygen atoms in total. The molecule has 1 aromatic carbocycles. The molecule has 28 heavy (non-hydrogen) atoms. The fourth-order valence-electron chi connectivity index (χ4n) is 3.03. The topological polar surface area (TPSA) is 66.1 Å². The number of rotatable bonds is 7. The van der Waals surface area contributed by atoms with E-state index >= 15 is 0 Å². The van der Waals surface area contributed by atoms with Crippen molar-refractivity contribution in [1.29, 1.82) is 0 Å². The smallest absolute Gasteiger partial charge is 0.406 e. The zero-order valence-electron chi connectivity index (χ0n) is 16.2. The molecule has 2 rings (SSSR count). The molecule has 3 N–H and O–H groups in total. The van der Waals surface area contributed by atoms with Crippen LogP contribution < -0.4 is 15.8 Å². The maximum atomic E-state index is 12.1. The monoisotopic (exact) mass is 515 g/mol. The summed E-state index contributed by atoms with van der Waals surface area (Å²) in [5, 5.41) is 3.08. The second-order valence-corrected chi connectivity index (χ2v) is 6.86. The Morgan fingerprint density at radius 1 is 1.25 bits per heavy atom. The number of nitrogens with one attached hydrogen (secondary N) is 1. The summed E-state index contributed by atoms with van der Waals surface area (Å²) in [6.07, 6.45) is -2.34. The molecule has 0 amide bonds. The molecule has 160 valence electrons. The minimum Gasteiger partial charge on any atom is -0.406 e. The van der Waals surface area contributed by atoms with E-state index in [9.17, 15) is 13.2 Å². The van der Waals surface area contributed by atoms with Crippen LogP contribution in [0.1, 0.15) is 18.4 Å². The standard InChI is InChI=1S/C18H28F3N5O.HI/c1-25(2)15-7-10-26(11-8-15)12-9-23-17(22)24-13-14-3-5-16(6-4-14)27-18(19,20)21;/h3-6,15H,7-13H2,1-2H3,(H3,22,23,24);1H. The minimum absolute atomic E-state index is 0. The van der Waals surface area contributed by atoms with E-state index in [1.54, 1.807) is 0 Å². The molecule has 0 aromatic heterocycles. The van der Waals surface area contributed by atoms with Crippen molar-refractivity contribution in [2.24, 2.45) is 10.7 Å². The minimum atomic E-state index is -4.68. The molecular weight excluding hydrogens is 486 g/mol. The lowest BCUT2D eigenvalue weighted by atomic mass is 10.0. The van der Waals surface area contributed by atoms with Crippen molar-refractivity contribution < 1.29 is 17.9 Å². The van der Waals surface area contributed by atoms with Crippen molar-refractivity contribution in [2.45, 2.75) is 31.8 Å². The summed E-state index contributed by atoms with van der Waals surface area (Å²) in [7, 11) is 4.24. The second-order valence-electron chi connectivity index (χ2n) is 6.86. The number of hydrogen-bond donors (Lipinski definition) is 2. The number of guanidine groups is 1. The summed E-state index contributed by atoms with van der Waals surface area (Å²) in [5.74, 6) is 0.0770. The molecule has 0 bridgehead atoms. The molecule has 10 heteroatoms. The van der Waals surface area contributed by atoms with Gasteiger partial charge in [-0.3, -0.25) is 0 Å². The van der Waals surface area contributed by atoms with E-state index in [0.717, 1.165) is 25.2 Å². The number of alkyl halides is 3. The van der Waals surface area contributed by atoms with Crippen molar-refractivity contribution in [1.82, 2.24) is 15.1 Å². The number of hydrogen-bond acceptors (Lipinski definition) is 4. The number of halogens is 4. The van der Waals surface area contributed by atoms with Gasteiger partial charge in [-0.25, -0.2) is 4.99 Å². The first-order chi connectivity index (χ1) is 12.7. The Hall–Kier alpha value is -1.27. The zero-order chi connectivity index (χ0) is 19.9. The van der Waals surface area contributed by atoms with Crippen LogP contribution in [0.3, 0.4) is 0 Å². The third-order valence-corrected chi connectivity index (χ3v) is 4.61. The van der Waals surface area contributed by atoms with Gasteiger partial charge in [0.25, 0.3) is 0 Å². The predicted molar refractivity (Wildman–Crippen MR) is 115 cm³/mol. The SMILES string of the molecule is CN(C)C1CCN(CCNC(N)=NCc2ccc(OC(F)(F)F)cc2)CC1.I.